The summed E-state index contributed by atoms with van der Waals surface area (Å²) in [4.78, 5) is 3.94. The average molecular weight is 371 g/mol. The maximum absolute atomic E-state index is 5.74. The van der Waals surface area contributed by atoms with E-state index in [4.69, 9.17) is 17.3 Å². The molecule has 1 fully saturated rings. The predicted molar refractivity (Wildman–Crippen MR) is 105 cm³/mol. The van der Waals surface area contributed by atoms with Crippen LogP contribution in [0.4, 0.5) is 0 Å². The summed E-state index contributed by atoms with van der Waals surface area (Å²) in [6.07, 6.45) is 2.44. The zero-order valence-electron chi connectivity index (χ0n) is 14.6. The highest BCUT2D eigenvalue weighted by Gasteiger charge is 2.27. The van der Waals surface area contributed by atoms with E-state index in [0.717, 1.165) is 29.5 Å². The summed E-state index contributed by atoms with van der Waals surface area (Å²) in [5.41, 5.74) is 2.33. The molecule has 0 bridgehead atoms. The van der Waals surface area contributed by atoms with Crippen LogP contribution in [-0.4, -0.2) is 25.8 Å². The number of aromatic nitrogens is 3. The Bertz CT molecular complexity index is 906. The van der Waals surface area contributed by atoms with Crippen LogP contribution in [0, 0.1) is 18.6 Å². The lowest BCUT2D eigenvalue weighted by atomic mass is 10.2. The summed E-state index contributed by atoms with van der Waals surface area (Å²) in [7, 11) is 0. The van der Waals surface area contributed by atoms with Gasteiger partial charge in [-0.25, -0.2) is 4.68 Å². The molecule has 1 aliphatic rings. The molecule has 0 amide bonds. The van der Waals surface area contributed by atoms with Crippen LogP contribution < -0.4 is 0 Å². The molecule has 25 heavy (non-hydrogen) atoms. The molecule has 0 unspecified atom stereocenters. The number of benzene rings is 1. The molecule has 0 saturated carbocycles. The number of hydrogen-bond donors (Lipinski definition) is 0. The fourth-order valence-electron chi connectivity index (χ4n) is 3.57. The Morgan fingerprint density at radius 2 is 2.00 bits per heavy atom. The second kappa shape index (κ2) is 6.86. The van der Waals surface area contributed by atoms with E-state index in [-0.39, 0.29) is 0 Å². The number of likely N-dealkylation sites (tertiary alicyclic amines) is 1. The Hall–Kier alpha value is -1.76. The second-order valence-electron chi connectivity index (χ2n) is 6.63. The minimum atomic E-state index is 0.492. The summed E-state index contributed by atoms with van der Waals surface area (Å²) >= 11 is 7.58. The first kappa shape index (κ1) is 16.7. The van der Waals surface area contributed by atoms with Crippen molar-refractivity contribution in [1.29, 1.82) is 0 Å². The number of hydrogen-bond acceptors (Lipinski definition) is 4. The summed E-state index contributed by atoms with van der Waals surface area (Å²) < 4.78 is 4.79. The second-order valence-corrected chi connectivity index (χ2v) is 7.97. The third kappa shape index (κ3) is 3.21. The van der Waals surface area contributed by atoms with Crippen LogP contribution in [0.3, 0.4) is 0 Å². The number of nitrogens with zero attached hydrogens (tertiary/aromatic N) is 4. The molecule has 1 atom stereocenters. The van der Waals surface area contributed by atoms with E-state index < -0.39 is 0 Å². The van der Waals surface area contributed by atoms with Crippen LogP contribution in [0.5, 0.6) is 0 Å². The molecule has 3 heterocycles. The van der Waals surface area contributed by atoms with Gasteiger partial charge >= 0.3 is 0 Å². The van der Waals surface area contributed by atoms with Crippen molar-refractivity contribution in [3.8, 4) is 5.69 Å². The summed E-state index contributed by atoms with van der Waals surface area (Å²) in [5.74, 6) is 0.931. The zero-order chi connectivity index (χ0) is 17.4. The minimum Gasteiger partial charge on any atom is -0.276 e. The highest BCUT2D eigenvalue weighted by molar-refractivity contribution is 7.71. The van der Waals surface area contributed by atoms with Crippen molar-refractivity contribution < 1.29 is 0 Å². The average Bonchev–Trinajstić information content (AvgIpc) is 3.31. The molecule has 1 saturated heterocycles. The largest absolute Gasteiger partial charge is 0.276 e. The fourth-order valence-corrected chi connectivity index (χ4v) is 4.80. The normalized spacial score (nSPS) is 18.1. The molecule has 0 aliphatic carbocycles. The van der Waals surface area contributed by atoms with Crippen molar-refractivity contribution in [2.45, 2.75) is 39.4 Å². The molecule has 0 radical (unpaired) electrons. The van der Waals surface area contributed by atoms with Crippen molar-refractivity contribution in [3.63, 3.8) is 0 Å². The highest BCUT2D eigenvalue weighted by atomic mass is 32.1. The molecule has 1 aliphatic heterocycles. The Morgan fingerprint density at radius 3 is 2.72 bits per heavy atom. The SMILES string of the molecule is Cc1ccc(-n2c(C)nn(CN3CCC[C@H]3c3cccs3)c2=S)cc1. The predicted octanol–water partition coefficient (Wildman–Crippen LogP) is 4.88. The van der Waals surface area contributed by atoms with Gasteiger partial charge in [0.25, 0.3) is 0 Å². The smallest absolute Gasteiger partial charge is 0.203 e. The van der Waals surface area contributed by atoms with Crippen molar-refractivity contribution in [3.05, 3.63) is 62.8 Å². The number of rotatable bonds is 4. The van der Waals surface area contributed by atoms with Crippen LogP contribution in [0.2, 0.25) is 0 Å². The lowest BCUT2D eigenvalue weighted by molar-refractivity contribution is 0.192. The molecular weight excluding hydrogens is 348 g/mol. The van der Waals surface area contributed by atoms with Gasteiger partial charge < -0.3 is 0 Å². The van der Waals surface area contributed by atoms with Gasteiger partial charge in [-0.05, 0) is 62.5 Å². The van der Waals surface area contributed by atoms with Crippen LogP contribution in [0.1, 0.15) is 35.1 Å². The van der Waals surface area contributed by atoms with E-state index in [9.17, 15) is 0 Å². The fraction of sp³-hybridized carbons (Fsp3) is 0.368. The Kier molecular flexibility index (Phi) is 4.58. The monoisotopic (exact) mass is 370 g/mol. The first-order chi connectivity index (χ1) is 12.1. The molecule has 130 valence electrons. The molecule has 1 aromatic carbocycles. The van der Waals surface area contributed by atoms with Crippen molar-refractivity contribution >= 4 is 23.6 Å². The molecule has 0 N–H and O–H groups in total. The Labute approximate surface area is 157 Å². The summed E-state index contributed by atoms with van der Waals surface area (Å²) in [6, 6.07) is 13.3. The first-order valence-electron chi connectivity index (χ1n) is 8.64. The zero-order valence-corrected chi connectivity index (χ0v) is 16.2. The van der Waals surface area contributed by atoms with Crippen molar-refractivity contribution in [1.82, 2.24) is 19.2 Å². The van der Waals surface area contributed by atoms with E-state index in [0.29, 0.717) is 6.04 Å². The Balaban J connectivity index is 1.62. The van der Waals surface area contributed by atoms with Crippen molar-refractivity contribution in [2.24, 2.45) is 0 Å². The first-order valence-corrected chi connectivity index (χ1v) is 9.93. The number of aryl methyl sites for hydroxylation is 2. The van der Waals surface area contributed by atoms with Crippen molar-refractivity contribution in [2.75, 3.05) is 6.54 Å². The van der Waals surface area contributed by atoms with E-state index >= 15 is 0 Å². The van der Waals surface area contributed by atoms with Gasteiger partial charge in [0.2, 0.25) is 4.77 Å². The number of thiophene rings is 1. The molecule has 2 aromatic heterocycles. The van der Waals surface area contributed by atoms with Gasteiger partial charge in [0.15, 0.2) is 0 Å². The van der Waals surface area contributed by atoms with E-state index in [1.165, 1.54) is 23.3 Å². The third-order valence-corrected chi connectivity index (χ3v) is 6.21. The maximum Gasteiger partial charge on any atom is 0.203 e. The molecule has 6 heteroatoms. The van der Waals surface area contributed by atoms with Crippen LogP contribution >= 0.6 is 23.6 Å². The van der Waals surface area contributed by atoms with E-state index in [2.05, 4.69) is 58.2 Å². The summed E-state index contributed by atoms with van der Waals surface area (Å²) in [5, 5.41) is 6.89. The van der Waals surface area contributed by atoms with E-state index in [1.54, 1.807) is 0 Å². The van der Waals surface area contributed by atoms with Crippen LogP contribution in [0.15, 0.2) is 41.8 Å². The van der Waals surface area contributed by atoms with Gasteiger partial charge in [0, 0.05) is 23.2 Å². The van der Waals surface area contributed by atoms with Gasteiger partial charge in [-0.15, -0.1) is 11.3 Å². The lowest BCUT2D eigenvalue weighted by Gasteiger charge is -2.23. The molecular formula is C19H22N4S2. The van der Waals surface area contributed by atoms with Gasteiger partial charge in [-0.3, -0.25) is 9.47 Å². The van der Waals surface area contributed by atoms with Gasteiger partial charge in [0.1, 0.15) is 5.82 Å². The minimum absolute atomic E-state index is 0.492. The third-order valence-electron chi connectivity index (χ3n) is 4.84. The quantitative estimate of drug-likeness (QED) is 0.613. The van der Waals surface area contributed by atoms with Gasteiger partial charge in [-0.1, -0.05) is 23.8 Å². The molecule has 0 spiro atoms. The van der Waals surface area contributed by atoms with Crippen LogP contribution in [0.25, 0.3) is 5.69 Å². The van der Waals surface area contributed by atoms with Gasteiger partial charge in [0.05, 0.1) is 6.67 Å². The lowest BCUT2D eigenvalue weighted by Crippen LogP contribution is -2.26. The molecule has 4 nitrogen and oxygen atoms in total. The highest BCUT2D eigenvalue weighted by Crippen LogP contribution is 2.34. The van der Waals surface area contributed by atoms with E-state index in [1.807, 2.05) is 22.9 Å². The van der Waals surface area contributed by atoms with Crippen LogP contribution in [-0.2, 0) is 6.67 Å². The standard InChI is InChI=1S/C19H22N4S2/c1-14-7-9-16(10-8-14)23-15(2)20-22(19(23)24)13-21-11-3-5-17(21)18-6-4-12-25-18/h4,6-10,12,17H,3,5,11,13H2,1-2H3/t17-/m0/s1. The topological polar surface area (TPSA) is 26.0 Å². The molecule has 4 rings (SSSR count). The van der Waals surface area contributed by atoms with Gasteiger partial charge in [-0.2, -0.15) is 5.10 Å². The maximum atomic E-state index is 5.74. The summed E-state index contributed by atoms with van der Waals surface area (Å²) in [6.45, 7) is 5.96. The Morgan fingerprint density at radius 1 is 1.20 bits per heavy atom. The molecule has 3 aromatic rings.